The third-order valence-electron chi connectivity index (χ3n) is 2.84. The van der Waals surface area contributed by atoms with Crippen LogP contribution in [0.15, 0.2) is 36.4 Å². The molecule has 2 aromatic carbocycles. The van der Waals surface area contributed by atoms with Crippen LogP contribution in [0.4, 0.5) is 15.8 Å². The number of nitrogens with zero attached hydrogens (tertiary/aromatic N) is 1. The third kappa shape index (κ3) is 3.35. The molecule has 21 heavy (non-hydrogen) atoms. The lowest BCUT2D eigenvalue weighted by Gasteiger charge is -2.08. The number of amides is 1. The van der Waals surface area contributed by atoms with E-state index in [-0.39, 0.29) is 22.0 Å². The number of carbonyl (C=O) groups excluding carboxylic acids is 1. The molecule has 0 aliphatic carbocycles. The molecule has 0 spiro atoms. The highest BCUT2D eigenvalue weighted by atomic mass is 35.5. The van der Waals surface area contributed by atoms with Gasteiger partial charge in [0.25, 0.3) is 11.6 Å². The fourth-order valence-corrected chi connectivity index (χ4v) is 2.00. The molecular weight excluding hydrogens is 299 g/mol. The summed E-state index contributed by atoms with van der Waals surface area (Å²) in [6.45, 7) is 1.58. The molecule has 5 nitrogen and oxygen atoms in total. The minimum absolute atomic E-state index is 0.0260. The topological polar surface area (TPSA) is 72.2 Å². The Morgan fingerprint density at radius 3 is 2.62 bits per heavy atom. The first kappa shape index (κ1) is 14.9. The van der Waals surface area contributed by atoms with Gasteiger partial charge in [-0.3, -0.25) is 14.9 Å². The third-order valence-corrected chi connectivity index (χ3v) is 3.07. The van der Waals surface area contributed by atoms with Crippen LogP contribution in [0.25, 0.3) is 0 Å². The van der Waals surface area contributed by atoms with Crippen molar-refractivity contribution in [2.24, 2.45) is 0 Å². The molecule has 0 heterocycles. The van der Waals surface area contributed by atoms with Gasteiger partial charge in [-0.05, 0) is 42.8 Å². The van der Waals surface area contributed by atoms with Crippen molar-refractivity contribution in [3.8, 4) is 0 Å². The van der Waals surface area contributed by atoms with Gasteiger partial charge in [-0.15, -0.1) is 0 Å². The molecule has 7 heteroatoms. The van der Waals surface area contributed by atoms with E-state index in [9.17, 15) is 19.3 Å². The van der Waals surface area contributed by atoms with Crippen molar-refractivity contribution >= 4 is 28.9 Å². The van der Waals surface area contributed by atoms with E-state index in [0.717, 1.165) is 12.1 Å². The summed E-state index contributed by atoms with van der Waals surface area (Å²) in [4.78, 5) is 22.4. The molecule has 2 rings (SSSR count). The van der Waals surface area contributed by atoms with Crippen molar-refractivity contribution in [1.82, 2.24) is 0 Å². The average Bonchev–Trinajstić information content (AvgIpc) is 2.40. The van der Waals surface area contributed by atoms with E-state index in [2.05, 4.69) is 5.32 Å². The molecule has 0 unspecified atom stereocenters. The number of benzene rings is 2. The molecule has 0 radical (unpaired) electrons. The number of halogens is 2. The number of aryl methyl sites for hydroxylation is 1. The second-order valence-electron chi connectivity index (χ2n) is 4.33. The summed E-state index contributed by atoms with van der Waals surface area (Å²) < 4.78 is 13.0. The maximum absolute atomic E-state index is 13.0. The first-order chi connectivity index (χ1) is 9.88. The highest BCUT2D eigenvalue weighted by molar-refractivity contribution is 6.31. The number of hydrogen-bond donors (Lipinski definition) is 1. The maximum Gasteiger partial charge on any atom is 0.294 e. The van der Waals surface area contributed by atoms with Crippen molar-refractivity contribution in [2.45, 2.75) is 6.92 Å². The molecule has 0 fully saturated rings. The summed E-state index contributed by atoms with van der Waals surface area (Å²) in [6.07, 6.45) is 0. The van der Waals surface area contributed by atoms with Crippen LogP contribution in [-0.2, 0) is 0 Å². The zero-order chi connectivity index (χ0) is 15.6. The van der Waals surface area contributed by atoms with E-state index >= 15 is 0 Å². The first-order valence-electron chi connectivity index (χ1n) is 5.90. The second kappa shape index (κ2) is 5.88. The molecule has 0 bridgehead atoms. The van der Waals surface area contributed by atoms with E-state index in [1.54, 1.807) is 6.92 Å². The van der Waals surface area contributed by atoms with Crippen LogP contribution >= 0.6 is 11.6 Å². The van der Waals surface area contributed by atoms with Crippen molar-refractivity contribution in [3.63, 3.8) is 0 Å². The van der Waals surface area contributed by atoms with Crippen LogP contribution in [0.1, 0.15) is 15.9 Å². The Hall–Kier alpha value is -2.47. The van der Waals surface area contributed by atoms with Gasteiger partial charge in [0.15, 0.2) is 0 Å². The van der Waals surface area contributed by atoms with Crippen LogP contribution in [0.2, 0.25) is 5.02 Å². The smallest absolute Gasteiger partial charge is 0.294 e. The summed E-state index contributed by atoms with van der Waals surface area (Å²) >= 11 is 5.70. The number of nitrogens with one attached hydrogen (secondary N) is 1. The van der Waals surface area contributed by atoms with Crippen LogP contribution in [0, 0.1) is 22.9 Å². The van der Waals surface area contributed by atoms with Gasteiger partial charge in [-0.2, -0.15) is 0 Å². The quantitative estimate of drug-likeness (QED) is 0.689. The van der Waals surface area contributed by atoms with Crippen molar-refractivity contribution in [3.05, 3.63) is 68.5 Å². The lowest BCUT2D eigenvalue weighted by Crippen LogP contribution is -2.14. The molecule has 0 saturated carbocycles. The van der Waals surface area contributed by atoms with Crippen LogP contribution in [0.5, 0.6) is 0 Å². The van der Waals surface area contributed by atoms with Crippen molar-refractivity contribution in [2.75, 3.05) is 5.32 Å². The van der Waals surface area contributed by atoms with Gasteiger partial charge in [0.1, 0.15) is 11.5 Å². The molecule has 0 aliphatic heterocycles. The normalized spacial score (nSPS) is 10.2. The van der Waals surface area contributed by atoms with Gasteiger partial charge in [0.05, 0.1) is 4.92 Å². The highest BCUT2D eigenvalue weighted by Crippen LogP contribution is 2.28. The van der Waals surface area contributed by atoms with Crippen LogP contribution in [-0.4, -0.2) is 10.8 Å². The molecule has 0 aromatic heterocycles. The Bertz CT molecular complexity index is 734. The van der Waals surface area contributed by atoms with E-state index in [4.69, 9.17) is 11.6 Å². The summed E-state index contributed by atoms with van der Waals surface area (Å²) in [7, 11) is 0. The average molecular weight is 309 g/mol. The molecule has 2 aromatic rings. The van der Waals surface area contributed by atoms with E-state index in [1.807, 2.05) is 0 Å². The lowest BCUT2D eigenvalue weighted by molar-refractivity contribution is -0.383. The lowest BCUT2D eigenvalue weighted by atomic mass is 10.1. The SMILES string of the molecule is Cc1cc(F)ccc1C(=O)Nc1ccc(Cl)cc1[N+](=O)[O-]. The Morgan fingerprint density at radius 1 is 1.29 bits per heavy atom. The standard InChI is InChI=1S/C14H10ClFN2O3/c1-8-6-10(16)3-4-11(8)14(19)17-12-5-2-9(15)7-13(12)18(20)21/h2-7H,1H3,(H,17,19). The summed E-state index contributed by atoms with van der Waals surface area (Å²) in [5.74, 6) is -1.01. The highest BCUT2D eigenvalue weighted by Gasteiger charge is 2.18. The van der Waals surface area contributed by atoms with E-state index in [1.165, 1.54) is 24.3 Å². The van der Waals surface area contributed by atoms with Gasteiger partial charge >= 0.3 is 0 Å². The summed E-state index contributed by atoms with van der Waals surface area (Å²) in [6, 6.07) is 7.61. The van der Waals surface area contributed by atoms with Crippen LogP contribution < -0.4 is 5.32 Å². The summed E-state index contributed by atoms with van der Waals surface area (Å²) in [5.41, 5.74) is 0.388. The van der Waals surface area contributed by atoms with E-state index < -0.39 is 16.6 Å². The van der Waals surface area contributed by atoms with Gasteiger partial charge in [-0.1, -0.05) is 11.6 Å². The fraction of sp³-hybridized carbons (Fsp3) is 0.0714. The van der Waals surface area contributed by atoms with Crippen molar-refractivity contribution in [1.29, 1.82) is 0 Å². The number of nitro benzene ring substituents is 1. The molecule has 1 N–H and O–H groups in total. The second-order valence-corrected chi connectivity index (χ2v) is 4.77. The van der Waals surface area contributed by atoms with Gasteiger partial charge in [-0.25, -0.2) is 4.39 Å². The number of rotatable bonds is 3. The van der Waals surface area contributed by atoms with Crippen LogP contribution in [0.3, 0.4) is 0 Å². The maximum atomic E-state index is 13.0. The first-order valence-corrected chi connectivity index (χ1v) is 6.27. The molecule has 1 amide bonds. The van der Waals surface area contributed by atoms with Gasteiger partial charge in [0, 0.05) is 16.7 Å². The van der Waals surface area contributed by atoms with Gasteiger partial charge < -0.3 is 5.32 Å². The molecular formula is C14H10ClFN2O3. The van der Waals surface area contributed by atoms with Gasteiger partial charge in [0.2, 0.25) is 0 Å². The molecule has 108 valence electrons. The summed E-state index contributed by atoms with van der Waals surface area (Å²) in [5, 5.41) is 13.6. The minimum atomic E-state index is -0.640. The molecule has 0 atom stereocenters. The zero-order valence-corrected chi connectivity index (χ0v) is 11.6. The van der Waals surface area contributed by atoms with Crippen molar-refractivity contribution < 1.29 is 14.1 Å². The largest absolute Gasteiger partial charge is 0.316 e. The molecule has 0 saturated heterocycles. The Labute approximate surface area is 124 Å². The molecule has 0 aliphatic rings. The monoisotopic (exact) mass is 308 g/mol. The predicted octanol–water partition coefficient (Wildman–Crippen LogP) is 3.95. The van der Waals surface area contributed by atoms with E-state index in [0.29, 0.717) is 5.56 Å². The Morgan fingerprint density at radius 2 is 2.00 bits per heavy atom. The number of anilines is 1. The number of nitro groups is 1. The zero-order valence-electron chi connectivity index (χ0n) is 10.9. The fourth-order valence-electron chi connectivity index (χ4n) is 1.83. The minimum Gasteiger partial charge on any atom is -0.316 e. The Balaban J connectivity index is 2.34. The Kier molecular flexibility index (Phi) is 4.18. The number of hydrogen-bond acceptors (Lipinski definition) is 3. The number of carbonyl (C=O) groups is 1. The predicted molar refractivity (Wildman–Crippen MR) is 77.2 cm³/mol.